The van der Waals surface area contributed by atoms with Crippen LogP contribution < -0.4 is 0 Å². The van der Waals surface area contributed by atoms with Gasteiger partial charge in [0.1, 0.15) is 0 Å². The van der Waals surface area contributed by atoms with Gasteiger partial charge in [0.05, 0.1) is 0 Å². The minimum atomic E-state index is 0.844. The second kappa shape index (κ2) is 4.33. The molecule has 0 aliphatic heterocycles. The molecule has 0 N–H and O–H groups in total. The molecule has 0 aromatic heterocycles. The minimum absolute atomic E-state index is 0.844. The van der Waals surface area contributed by atoms with Gasteiger partial charge in [-0.05, 0) is 44.0 Å². The van der Waals surface area contributed by atoms with Gasteiger partial charge in [-0.3, -0.25) is 0 Å². The Morgan fingerprint density at radius 3 is 2.86 bits per heavy atom. The molecule has 0 spiro atoms. The minimum Gasteiger partial charge on any atom is -0.303 e. The fourth-order valence-corrected chi connectivity index (χ4v) is 1.91. The van der Waals surface area contributed by atoms with Crippen molar-refractivity contribution < 1.29 is 0 Å². The zero-order valence-corrected chi connectivity index (χ0v) is 9.30. The number of hydrogen-bond donors (Lipinski definition) is 0. The van der Waals surface area contributed by atoms with Crippen LogP contribution in [0.25, 0.3) is 0 Å². The van der Waals surface area contributed by atoms with Crippen molar-refractivity contribution in [2.75, 3.05) is 13.6 Å². The zero-order chi connectivity index (χ0) is 9.97. The van der Waals surface area contributed by atoms with E-state index in [2.05, 4.69) is 24.1 Å². The van der Waals surface area contributed by atoms with Gasteiger partial charge in [0, 0.05) is 17.6 Å². The van der Waals surface area contributed by atoms with Crippen LogP contribution in [0.4, 0.5) is 0 Å². The Labute approximate surface area is 90.7 Å². The molecule has 2 heteroatoms. The topological polar surface area (TPSA) is 3.24 Å². The van der Waals surface area contributed by atoms with Crippen molar-refractivity contribution in [1.29, 1.82) is 0 Å². The summed E-state index contributed by atoms with van der Waals surface area (Å²) in [5.74, 6) is 0. The second-order valence-corrected chi connectivity index (χ2v) is 4.53. The molecular weight excluding hydrogens is 194 g/mol. The predicted molar refractivity (Wildman–Crippen MR) is 60.8 cm³/mol. The zero-order valence-electron chi connectivity index (χ0n) is 8.54. The average Bonchev–Trinajstić information content (AvgIpc) is 2.97. The lowest BCUT2D eigenvalue weighted by Crippen LogP contribution is -2.23. The average molecular weight is 210 g/mol. The van der Waals surface area contributed by atoms with Crippen molar-refractivity contribution in [3.05, 3.63) is 34.9 Å². The summed E-state index contributed by atoms with van der Waals surface area (Å²) in [5.41, 5.74) is 1.34. The van der Waals surface area contributed by atoms with Gasteiger partial charge in [-0.2, -0.15) is 0 Å². The third kappa shape index (κ3) is 2.73. The number of hydrogen-bond acceptors (Lipinski definition) is 1. The monoisotopic (exact) mass is 209 g/mol. The van der Waals surface area contributed by atoms with Gasteiger partial charge in [-0.15, -0.1) is 0 Å². The molecule has 0 saturated heterocycles. The molecule has 76 valence electrons. The first-order valence-electron chi connectivity index (χ1n) is 5.20. The largest absolute Gasteiger partial charge is 0.303 e. The lowest BCUT2D eigenvalue weighted by molar-refractivity contribution is 0.328. The van der Waals surface area contributed by atoms with E-state index in [9.17, 15) is 0 Å². The van der Waals surface area contributed by atoms with E-state index in [1.54, 1.807) is 0 Å². The Hall–Kier alpha value is -0.530. The fourth-order valence-electron chi connectivity index (χ4n) is 1.70. The molecular formula is C12H16ClN. The van der Waals surface area contributed by atoms with Crippen LogP contribution in [0.3, 0.4) is 0 Å². The SMILES string of the molecule is CN(CCc1cccc(Cl)c1)C1CC1. The number of rotatable bonds is 4. The summed E-state index contributed by atoms with van der Waals surface area (Å²) in [6.07, 6.45) is 3.87. The van der Waals surface area contributed by atoms with E-state index >= 15 is 0 Å². The van der Waals surface area contributed by atoms with E-state index in [1.165, 1.54) is 18.4 Å². The number of likely N-dealkylation sites (N-methyl/N-ethyl adjacent to an activating group) is 1. The van der Waals surface area contributed by atoms with Crippen LogP contribution in [-0.2, 0) is 6.42 Å². The van der Waals surface area contributed by atoms with Crippen LogP contribution >= 0.6 is 11.6 Å². The Kier molecular flexibility index (Phi) is 3.09. The third-order valence-electron chi connectivity index (χ3n) is 2.81. The van der Waals surface area contributed by atoms with Crippen LogP contribution in [0, 0.1) is 0 Å². The summed E-state index contributed by atoms with van der Waals surface area (Å²) in [4.78, 5) is 2.45. The number of benzene rings is 1. The van der Waals surface area contributed by atoms with Gasteiger partial charge < -0.3 is 4.90 Å². The van der Waals surface area contributed by atoms with Gasteiger partial charge in [-0.1, -0.05) is 23.7 Å². The fraction of sp³-hybridized carbons (Fsp3) is 0.500. The highest BCUT2D eigenvalue weighted by atomic mass is 35.5. The Morgan fingerprint density at radius 1 is 1.43 bits per heavy atom. The Bertz CT molecular complexity index is 307. The highest BCUT2D eigenvalue weighted by Gasteiger charge is 2.25. The predicted octanol–water partition coefficient (Wildman–Crippen LogP) is 2.98. The van der Waals surface area contributed by atoms with Crippen molar-refractivity contribution in [3.8, 4) is 0 Å². The molecule has 1 saturated carbocycles. The van der Waals surface area contributed by atoms with Crippen LogP contribution in [-0.4, -0.2) is 24.5 Å². The molecule has 1 fully saturated rings. The molecule has 0 bridgehead atoms. The molecule has 1 aromatic carbocycles. The quantitative estimate of drug-likeness (QED) is 0.737. The Balaban J connectivity index is 1.84. The van der Waals surface area contributed by atoms with E-state index < -0.39 is 0 Å². The highest BCUT2D eigenvalue weighted by Crippen LogP contribution is 2.25. The van der Waals surface area contributed by atoms with Crippen molar-refractivity contribution in [1.82, 2.24) is 4.90 Å². The van der Waals surface area contributed by atoms with Crippen LogP contribution in [0.5, 0.6) is 0 Å². The van der Waals surface area contributed by atoms with Crippen molar-refractivity contribution in [2.24, 2.45) is 0 Å². The maximum atomic E-state index is 5.92. The van der Waals surface area contributed by atoms with Crippen molar-refractivity contribution in [3.63, 3.8) is 0 Å². The lowest BCUT2D eigenvalue weighted by Gasteiger charge is -2.15. The first kappa shape index (κ1) is 10.0. The molecule has 0 radical (unpaired) electrons. The molecule has 0 atom stereocenters. The molecule has 0 amide bonds. The summed E-state index contributed by atoms with van der Waals surface area (Å²) < 4.78 is 0. The number of halogens is 1. The van der Waals surface area contributed by atoms with Gasteiger partial charge in [0.25, 0.3) is 0 Å². The summed E-state index contributed by atoms with van der Waals surface area (Å²) in [5, 5.41) is 0.844. The molecule has 14 heavy (non-hydrogen) atoms. The van der Waals surface area contributed by atoms with Crippen LogP contribution in [0.1, 0.15) is 18.4 Å². The van der Waals surface area contributed by atoms with Gasteiger partial charge in [-0.25, -0.2) is 0 Å². The first-order valence-corrected chi connectivity index (χ1v) is 5.58. The third-order valence-corrected chi connectivity index (χ3v) is 3.05. The second-order valence-electron chi connectivity index (χ2n) is 4.09. The van der Waals surface area contributed by atoms with E-state index in [0.29, 0.717) is 0 Å². The highest BCUT2D eigenvalue weighted by molar-refractivity contribution is 6.30. The molecule has 1 nitrogen and oxygen atoms in total. The Morgan fingerprint density at radius 2 is 2.21 bits per heavy atom. The summed E-state index contributed by atoms with van der Waals surface area (Å²) in [7, 11) is 2.21. The molecule has 0 unspecified atom stereocenters. The van der Waals surface area contributed by atoms with E-state index in [4.69, 9.17) is 11.6 Å². The maximum absolute atomic E-state index is 5.92. The maximum Gasteiger partial charge on any atom is 0.0408 e. The van der Waals surface area contributed by atoms with E-state index in [1.807, 2.05) is 12.1 Å². The van der Waals surface area contributed by atoms with Gasteiger partial charge in [0.15, 0.2) is 0 Å². The molecule has 0 heterocycles. The normalized spacial score (nSPS) is 16.2. The lowest BCUT2D eigenvalue weighted by atomic mass is 10.1. The molecule has 1 aliphatic rings. The number of nitrogens with zero attached hydrogens (tertiary/aromatic N) is 1. The smallest absolute Gasteiger partial charge is 0.0408 e. The van der Waals surface area contributed by atoms with Crippen LogP contribution in [0.2, 0.25) is 5.02 Å². The van der Waals surface area contributed by atoms with Gasteiger partial charge >= 0.3 is 0 Å². The summed E-state index contributed by atoms with van der Waals surface area (Å²) >= 11 is 5.92. The van der Waals surface area contributed by atoms with Crippen molar-refractivity contribution >= 4 is 11.6 Å². The van der Waals surface area contributed by atoms with Gasteiger partial charge in [0.2, 0.25) is 0 Å². The van der Waals surface area contributed by atoms with E-state index in [0.717, 1.165) is 24.0 Å². The first-order chi connectivity index (χ1) is 6.75. The molecule has 1 aliphatic carbocycles. The standard InChI is InChI=1S/C12H16ClN/c1-14(12-5-6-12)8-7-10-3-2-4-11(13)9-10/h2-4,9,12H,5-8H2,1H3. The summed E-state index contributed by atoms with van der Waals surface area (Å²) in [6.45, 7) is 1.14. The molecule has 1 aromatic rings. The molecule has 2 rings (SSSR count). The van der Waals surface area contributed by atoms with Crippen molar-refractivity contribution in [2.45, 2.75) is 25.3 Å². The van der Waals surface area contributed by atoms with E-state index in [-0.39, 0.29) is 0 Å². The van der Waals surface area contributed by atoms with Crippen LogP contribution in [0.15, 0.2) is 24.3 Å². The summed E-state index contributed by atoms with van der Waals surface area (Å²) in [6, 6.07) is 9.01.